The maximum absolute atomic E-state index is 13.3. The molecular formula is C23H25F2NO6S. The Balaban J connectivity index is 2.09. The van der Waals surface area contributed by atoms with Crippen molar-refractivity contribution in [1.29, 1.82) is 0 Å². The first-order chi connectivity index (χ1) is 15.6. The van der Waals surface area contributed by atoms with Crippen LogP contribution < -0.4 is 19.3 Å². The Bertz CT molecular complexity index is 1150. The number of benzene rings is 2. The van der Waals surface area contributed by atoms with Crippen LogP contribution in [0.2, 0.25) is 0 Å². The summed E-state index contributed by atoms with van der Waals surface area (Å²) >= 11 is 0. The summed E-state index contributed by atoms with van der Waals surface area (Å²) in [6.45, 7) is 6.17. The van der Waals surface area contributed by atoms with Crippen LogP contribution in [0.4, 0.5) is 8.78 Å². The van der Waals surface area contributed by atoms with Crippen LogP contribution in [0.1, 0.15) is 30.6 Å². The molecule has 0 aliphatic carbocycles. The van der Waals surface area contributed by atoms with Crippen molar-refractivity contribution in [3.05, 3.63) is 66.5 Å². The van der Waals surface area contributed by atoms with E-state index in [0.29, 0.717) is 34.6 Å². The van der Waals surface area contributed by atoms with Crippen molar-refractivity contribution in [2.24, 2.45) is 5.14 Å². The zero-order valence-corrected chi connectivity index (χ0v) is 18.9. The van der Waals surface area contributed by atoms with Gasteiger partial charge in [0.1, 0.15) is 25.1 Å². The molecule has 1 unspecified atom stereocenters. The number of halogens is 2. The second-order valence-electron chi connectivity index (χ2n) is 7.40. The van der Waals surface area contributed by atoms with Gasteiger partial charge in [-0.25, -0.2) is 13.6 Å². The van der Waals surface area contributed by atoms with Gasteiger partial charge in [-0.2, -0.15) is 8.78 Å². The van der Waals surface area contributed by atoms with Gasteiger partial charge in [0, 0.05) is 12.0 Å². The summed E-state index contributed by atoms with van der Waals surface area (Å²) in [6.07, 6.45) is 1.56. The number of sulfonamides is 1. The number of allylic oxidation sites excluding steroid dienone is 1. The zero-order valence-electron chi connectivity index (χ0n) is 18.1. The Kier molecular flexibility index (Phi) is 7.60. The lowest BCUT2D eigenvalue weighted by Gasteiger charge is -2.30. The minimum atomic E-state index is -3.77. The summed E-state index contributed by atoms with van der Waals surface area (Å²) in [6, 6.07) is 7.95. The molecule has 10 heteroatoms. The van der Waals surface area contributed by atoms with Crippen LogP contribution in [-0.2, 0) is 20.5 Å². The third-order valence-electron chi connectivity index (χ3n) is 4.73. The lowest BCUT2D eigenvalue weighted by molar-refractivity contribution is -0.0514. The van der Waals surface area contributed by atoms with Crippen LogP contribution in [0, 0.1) is 0 Å². The highest BCUT2D eigenvalue weighted by Crippen LogP contribution is 2.52. The Hall–Kier alpha value is -3.11. The van der Waals surface area contributed by atoms with Gasteiger partial charge in [-0.05, 0) is 30.2 Å². The predicted octanol–water partition coefficient (Wildman–Crippen LogP) is 4.68. The smallest absolute Gasteiger partial charge is 0.387 e. The normalized spacial score (nSPS) is 14.6. The molecule has 2 aromatic carbocycles. The average molecular weight is 482 g/mol. The molecule has 2 aromatic rings. The number of hydrogen-bond acceptors (Lipinski definition) is 6. The van der Waals surface area contributed by atoms with E-state index in [1.807, 2.05) is 0 Å². The molecule has 1 atom stereocenters. The molecule has 0 aromatic heterocycles. The van der Waals surface area contributed by atoms with Crippen LogP contribution in [0.25, 0.3) is 11.1 Å². The first kappa shape index (κ1) is 24.5. The van der Waals surface area contributed by atoms with Crippen LogP contribution in [0.5, 0.6) is 17.2 Å². The second-order valence-corrected chi connectivity index (χ2v) is 9.02. The Labute approximate surface area is 191 Å². The number of hydrogen-bond donors (Lipinski definition) is 1. The topological polar surface area (TPSA) is 97.1 Å². The van der Waals surface area contributed by atoms with E-state index in [9.17, 15) is 17.2 Å². The van der Waals surface area contributed by atoms with Gasteiger partial charge in [0.25, 0.3) is 0 Å². The van der Waals surface area contributed by atoms with E-state index in [0.717, 1.165) is 0 Å². The van der Waals surface area contributed by atoms with Crippen LogP contribution in [0.3, 0.4) is 0 Å². The summed E-state index contributed by atoms with van der Waals surface area (Å²) < 4.78 is 71.6. The molecule has 33 heavy (non-hydrogen) atoms. The fraction of sp³-hybridized carbons (Fsp3) is 0.304. The Morgan fingerprint density at radius 2 is 2.03 bits per heavy atom. The minimum Gasteiger partial charge on any atom is -0.495 e. The number of ether oxygens (including phenoxy) is 4. The highest BCUT2D eigenvalue weighted by Gasteiger charge is 2.31. The number of alkyl halides is 2. The van der Waals surface area contributed by atoms with Gasteiger partial charge in [-0.15, -0.1) is 6.58 Å². The van der Waals surface area contributed by atoms with E-state index in [2.05, 4.69) is 13.2 Å². The van der Waals surface area contributed by atoms with Gasteiger partial charge in [-0.3, -0.25) is 0 Å². The van der Waals surface area contributed by atoms with Gasteiger partial charge < -0.3 is 18.9 Å². The van der Waals surface area contributed by atoms with E-state index in [1.165, 1.54) is 6.07 Å². The fourth-order valence-corrected chi connectivity index (χ4v) is 4.20. The van der Waals surface area contributed by atoms with Crippen molar-refractivity contribution in [2.75, 3.05) is 13.2 Å². The molecule has 1 heterocycles. The molecule has 0 saturated heterocycles. The highest BCUT2D eigenvalue weighted by atomic mass is 32.2. The van der Waals surface area contributed by atoms with E-state index in [1.54, 1.807) is 37.3 Å². The number of nitrogens with two attached hydrogens (primary N) is 1. The van der Waals surface area contributed by atoms with Crippen molar-refractivity contribution in [3.63, 3.8) is 0 Å². The maximum atomic E-state index is 13.3. The molecule has 0 fully saturated rings. The summed E-state index contributed by atoms with van der Waals surface area (Å²) in [7, 11) is -3.77. The third kappa shape index (κ3) is 6.23. The zero-order chi connectivity index (χ0) is 24.2. The Morgan fingerprint density at radius 3 is 2.67 bits per heavy atom. The first-order valence-electron chi connectivity index (χ1n) is 10.0. The standard InChI is InChI=1S/C23H25F2NO6S/c1-4-5-18-17-12-15(13-33(26,27)28)6-7-16(17)21-19(31-18)8-9-20(22(21)32-23(24)25)30-11-10-29-14(2)3/h4,6-9,12,18,23H,1-2,5,10-11,13H2,3H3,(H2,26,27,28). The predicted molar refractivity (Wildman–Crippen MR) is 120 cm³/mol. The number of rotatable bonds is 11. The minimum absolute atomic E-state index is 0.0747. The van der Waals surface area contributed by atoms with Crippen LogP contribution >= 0.6 is 0 Å². The van der Waals surface area contributed by atoms with E-state index in [4.69, 9.17) is 24.1 Å². The van der Waals surface area contributed by atoms with Crippen LogP contribution in [0.15, 0.2) is 55.3 Å². The molecule has 0 spiro atoms. The molecule has 2 N–H and O–H groups in total. The summed E-state index contributed by atoms with van der Waals surface area (Å²) in [5.74, 6) is 0.356. The van der Waals surface area contributed by atoms with Gasteiger partial charge >= 0.3 is 6.61 Å². The maximum Gasteiger partial charge on any atom is 0.387 e. The monoisotopic (exact) mass is 481 g/mol. The van der Waals surface area contributed by atoms with Crippen molar-refractivity contribution >= 4 is 10.0 Å². The van der Waals surface area contributed by atoms with Crippen molar-refractivity contribution in [3.8, 4) is 28.4 Å². The lowest BCUT2D eigenvalue weighted by atomic mass is 9.89. The molecule has 0 saturated carbocycles. The average Bonchev–Trinajstić information content (AvgIpc) is 2.71. The van der Waals surface area contributed by atoms with E-state index in [-0.39, 0.29) is 36.0 Å². The molecule has 0 radical (unpaired) electrons. The molecule has 1 aliphatic heterocycles. The molecule has 7 nitrogen and oxygen atoms in total. The molecule has 3 rings (SSSR count). The quantitative estimate of drug-likeness (QED) is 0.284. The van der Waals surface area contributed by atoms with Crippen LogP contribution in [-0.4, -0.2) is 28.2 Å². The number of fused-ring (bicyclic) bond motifs is 3. The number of primary sulfonamides is 1. The summed E-state index contributed by atoms with van der Waals surface area (Å²) in [5, 5.41) is 5.18. The Morgan fingerprint density at radius 1 is 1.27 bits per heavy atom. The first-order valence-corrected chi connectivity index (χ1v) is 11.7. The molecule has 0 bridgehead atoms. The lowest BCUT2D eigenvalue weighted by Crippen LogP contribution is -2.18. The van der Waals surface area contributed by atoms with Crippen molar-refractivity contribution in [2.45, 2.75) is 31.8 Å². The van der Waals surface area contributed by atoms with Gasteiger partial charge in [0.05, 0.1) is 17.1 Å². The van der Waals surface area contributed by atoms with Crippen molar-refractivity contribution in [1.82, 2.24) is 0 Å². The second kappa shape index (κ2) is 10.2. The van der Waals surface area contributed by atoms with Gasteiger partial charge in [0.15, 0.2) is 11.5 Å². The van der Waals surface area contributed by atoms with E-state index >= 15 is 0 Å². The summed E-state index contributed by atoms with van der Waals surface area (Å²) in [4.78, 5) is 0. The van der Waals surface area contributed by atoms with E-state index < -0.39 is 22.7 Å². The SMILES string of the molecule is C=CCC1Oc2ccc(OCCOC(=C)C)c(OC(F)F)c2-c2ccc(CS(N)(=O)=O)cc21. The summed E-state index contributed by atoms with van der Waals surface area (Å²) in [5.41, 5.74) is 1.88. The highest BCUT2D eigenvalue weighted by molar-refractivity contribution is 7.88. The largest absolute Gasteiger partial charge is 0.495 e. The van der Waals surface area contributed by atoms with Gasteiger partial charge in [0.2, 0.25) is 10.0 Å². The molecule has 178 valence electrons. The molecular weight excluding hydrogens is 456 g/mol. The van der Waals surface area contributed by atoms with Gasteiger partial charge in [-0.1, -0.05) is 30.9 Å². The third-order valence-corrected chi connectivity index (χ3v) is 5.47. The molecule has 1 aliphatic rings. The van der Waals surface area contributed by atoms with Crippen molar-refractivity contribution < 1.29 is 36.1 Å². The molecule has 0 amide bonds. The fourth-order valence-electron chi connectivity index (χ4n) is 3.56.